The zero-order chi connectivity index (χ0) is 62.7. The Morgan fingerprint density at radius 1 is 0.640 bits per heavy atom. The third kappa shape index (κ3) is 11.3. The van der Waals surface area contributed by atoms with Crippen molar-refractivity contribution in [2.45, 2.75) is 272 Å². The minimum Gasteiger partial charge on any atom is -0.458 e. The van der Waals surface area contributed by atoms with Crippen LogP contribution in [0.3, 0.4) is 0 Å². The number of ketones is 1. The Bertz CT molecular complexity index is 2430. The Labute approximate surface area is 499 Å². The summed E-state index contributed by atoms with van der Waals surface area (Å²) in [7, 11) is 1.20. The van der Waals surface area contributed by atoms with Crippen molar-refractivity contribution in [3.63, 3.8) is 0 Å². The van der Waals surface area contributed by atoms with Gasteiger partial charge in [0.1, 0.15) is 115 Å². The molecule has 6 heterocycles. The van der Waals surface area contributed by atoms with Crippen molar-refractivity contribution in [2.24, 2.45) is 39.4 Å². The molecule has 0 aromatic heterocycles. The predicted octanol–water partition coefficient (Wildman–Crippen LogP) is -2.55. The predicted molar refractivity (Wildman–Crippen MR) is 289 cm³/mol. The zero-order valence-electron chi connectivity index (χ0n) is 50.4. The number of ether oxygens (including phenoxy) is 12. The van der Waals surface area contributed by atoms with Gasteiger partial charge in [-0.25, -0.2) is 0 Å². The number of rotatable bonds is 17. The summed E-state index contributed by atoms with van der Waals surface area (Å²) in [6, 6.07) is 0. The Morgan fingerprint density at radius 3 is 1.87 bits per heavy atom. The van der Waals surface area contributed by atoms with E-state index in [0.717, 1.165) is 0 Å². The fraction of sp³-hybridized carbons (Fsp3) is 0.932. The second-order valence-electron chi connectivity index (χ2n) is 28.0. The summed E-state index contributed by atoms with van der Waals surface area (Å²) in [6.07, 6.45) is -31.3. The van der Waals surface area contributed by atoms with Crippen LogP contribution in [0.1, 0.15) is 113 Å². The van der Waals surface area contributed by atoms with Gasteiger partial charge in [0.25, 0.3) is 0 Å². The maximum absolute atomic E-state index is 14.5. The van der Waals surface area contributed by atoms with Gasteiger partial charge in [-0.15, -0.1) is 0 Å². The lowest BCUT2D eigenvalue weighted by molar-refractivity contribution is -0.394. The Hall–Kier alpha value is -2.08. The lowest BCUT2D eigenvalue weighted by Gasteiger charge is -2.63. The monoisotopic (exact) mass is 1230 g/mol. The summed E-state index contributed by atoms with van der Waals surface area (Å²) < 4.78 is 72.4. The first-order valence-corrected chi connectivity index (χ1v) is 30.5. The number of hydrogen-bond donors (Lipinski definition) is 13. The molecule has 10 rings (SSSR count). The average Bonchev–Trinajstić information content (AvgIpc) is 1.46. The van der Waals surface area contributed by atoms with Gasteiger partial charge in [-0.05, 0) is 107 Å². The third-order valence-corrected chi connectivity index (χ3v) is 21.8. The van der Waals surface area contributed by atoms with Crippen molar-refractivity contribution in [2.75, 3.05) is 33.5 Å². The van der Waals surface area contributed by atoms with E-state index in [1.807, 2.05) is 6.92 Å². The number of Topliss-reactive ketones (excluding diaryl/α,β-unsaturated/α-hetero) is 1. The van der Waals surface area contributed by atoms with E-state index in [1.54, 1.807) is 13.8 Å². The molecular formula is C59H94O27. The molecule has 0 bridgehead atoms. The fourth-order valence-electron chi connectivity index (χ4n) is 17.1. The number of carbonyl (C=O) groups excluding carboxylic acids is 2. The first-order valence-electron chi connectivity index (χ1n) is 30.5. The van der Waals surface area contributed by atoms with Gasteiger partial charge in [-0.3, -0.25) is 9.59 Å². The number of fused-ring (bicyclic) bond motifs is 4. The molecule has 3 saturated carbocycles. The third-order valence-electron chi connectivity index (χ3n) is 21.8. The maximum atomic E-state index is 14.5. The first kappa shape index (κ1) is 66.8. The van der Waals surface area contributed by atoms with Crippen LogP contribution in [0.25, 0.3) is 0 Å². The SMILES string of the molecule is CO[C@@H]1[C@@H](O)[C@H](O[C@@H]2[C@@H](O)[C@H](O[C@H]3[C@H](O[C@@H]4CC[C@]5(C)C6=CC[C@@]78C(=O)O[C@@](C)(CCCC(C)(C)O)[C@H]7C(=O)C[C@@]8(C)[C@H]6CC[C@H]5C4(C)C)OC[C@@H](O[C@H]4O[C@H](C)[C@@H](O[C@H]5OC[C@@H](O)[C@H](O)[C@H]5O)[C@H](O)[C@H]4O)[C@@H]3O)O[C@H](CO)[C@H]2O)O[C@H](CO)[C@H]1O. The van der Waals surface area contributed by atoms with Crippen molar-refractivity contribution >= 4 is 11.8 Å². The second-order valence-corrected chi connectivity index (χ2v) is 28.0. The molecule has 27 heteroatoms. The van der Waals surface area contributed by atoms with E-state index in [2.05, 4.69) is 33.8 Å². The number of cyclic esters (lactones) is 1. The van der Waals surface area contributed by atoms with E-state index in [1.165, 1.54) is 19.6 Å². The molecule has 0 amide bonds. The summed E-state index contributed by atoms with van der Waals surface area (Å²) in [5, 5.41) is 143. The highest BCUT2D eigenvalue weighted by Gasteiger charge is 2.79. The van der Waals surface area contributed by atoms with Crippen molar-refractivity contribution in [3.05, 3.63) is 11.6 Å². The van der Waals surface area contributed by atoms with Crippen LogP contribution in [-0.2, 0) is 66.4 Å². The van der Waals surface area contributed by atoms with Gasteiger partial charge in [-0.1, -0.05) is 39.3 Å². The van der Waals surface area contributed by atoms with Crippen LogP contribution in [0.2, 0.25) is 0 Å². The molecule has 6 aliphatic heterocycles. The molecule has 0 unspecified atom stereocenters. The topological polar surface area (TPSA) is 408 Å². The molecule has 0 aromatic rings. The maximum Gasteiger partial charge on any atom is 0.314 e. The fourth-order valence-corrected chi connectivity index (χ4v) is 17.1. The van der Waals surface area contributed by atoms with Gasteiger partial charge in [-0.2, -0.15) is 0 Å². The average molecular weight is 1240 g/mol. The minimum atomic E-state index is -2.01. The van der Waals surface area contributed by atoms with Gasteiger partial charge >= 0.3 is 5.97 Å². The summed E-state index contributed by atoms with van der Waals surface area (Å²) in [4.78, 5) is 29.0. The molecule has 13 N–H and O–H groups in total. The Balaban J connectivity index is 0.897. The van der Waals surface area contributed by atoms with Gasteiger partial charge in [0.15, 0.2) is 31.5 Å². The Morgan fingerprint density at radius 2 is 1.23 bits per heavy atom. The lowest BCUT2D eigenvalue weighted by atomic mass is 9.41. The van der Waals surface area contributed by atoms with Crippen molar-refractivity contribution in [1.29, 1.82) is 0 Å². The molecule has 0 aromatic carbocycles. The van der Waals surface area contributed by atoms with Gasteiger partial charge < -0.3 is 123 Å². The Kier molecular flexibility index (Phi) is 19.2. The van der Waals surface area contributed by atoms with Crippen LogP contribution in [0.4, 0.5) is 0 Å². The quantitative estimate of drug-likeness (QED) is 0.0405. The first-order chi connectivity index (χ1) is 40.3. The summed E-state index contributed by atoms with van der Waals surface area (Å²) in [5.41, 5.74) is -3.58. The molecule has 6 saturated heterocycles. The largest absolute Gasteiger partial charge is 0.458 e. The van der Waals surface area contributed by atoms with Crippen LogP contribution in [0, 0.1) is 39.4 Å². The summed E-state index contributed by atoms with van der Waals surface area (Å²) in [5.74, 6) is -1.09. The number of allylic oxidation sites excluding steroid dienone is 2. The number of aliphatic hydroxyl groups is 13. The molecule has 31 atom stereocenters. The molecule has 27 nitrogen and oxygen atoms in total. The van der Waals surface area contributed by atoms with E-state index in [-0.39, 0.29) is 30.0 Å². The van der Waals surface area contributed by atoms with E-state index in [9.17, 15) is 76.0 Å². The van der Waals surface area contributed by atoms with E-state index in [4.69, 9.17) is 56.8 Å². The second kappa shape index (κ2) is 24.8. The molecule has 10 aliphatic rings. The van der Waals surface area contributed by atoms with Crippen molar-refractivity contribution in [1.82, 2.24) is 0 Å². The van der Waals surface area contributed by atoms with Gasteiger partial charge in [0.2, 0.25) is 0 Å². The van der Waals surface area contributed by atoms with Crippen LogP contribution in [-0.4, -0.2) is 270 Å². The number of carbonyl (C=O) groups is 2. The molecule has 1 spiro atoms. The molecule has 9 fully saturated rings. The molecule has 0 radical (unpaired) electrons. The highest BCUT2D eigenvalue weighted by molar-refractivity contribution is 5.99. The number of methoxy groups -OCH3 is 1. The number of aliphatic hydroxyl groups excluding tert-OH is 12. The summed E-state index contributed by atoms with van der Waals surface area (Å²) >= 11 is 0. The van der Waals surface area contributed by atoms with Crippen LogP contribution in [0.5, 0.6) is 0 Å². The number of hydrogen-bond acceptors (Lipinski definition) is 27. The highest BCUT2D eigenvalue weighted by atomic mass is 16.8. The van der Waals surface area contributed by atoms with Crippen LogP contribution >= 0.6 is 0 Å². The highest BCUT2D eigenvalue weighted by Crippen LogP contribution is 2.75. The zero-order valence-corrected chi connectivity index (χ0v) is 50.4. The molecule has 492 valence electrons. The van der Waals surface area contributed by atoms with E-state index in [0.29, 0.717) is 51.4 Å². The van der Waals surface area contributed by atoms with Crippen molar-refractivity contribution in [3.8, 4) is 0 Å². The van der Waals surface area contributed by atoms with Gasteiger partial charge in [0.05, 0.1) is 55.6 Å². The molecular weight excluding hydrogens is 1140 g/mol. The molecule has 86 heavy (non-hydrogen) atoms. The van der Waals surface area contributed by atoms with Crippen molar-refractivity contribution < 1.29 is 133 Å². The van der Waals surface area contributed by atoms with Gasteiger partial charge in [0, 0.05) is 13.5 Å². The molecule has 4 aliphatic carbocycles. The van der Waals surface area contributed by atoms with Crippen LogP contribution < -0.4 is 0 Å². The lowest BCUT2D eigenvalue weighted by Crippen LogP contribution is -2.67. The summed E-state index contributed by atoms with van der Waals surface area (Å²) in [6.45, 7) is 12.9. The smallest absolute Gasteiger partial charge is 0.314 e. The number of esters is 1. The van der Waals surface area contributed by atoms with Crippen LogP contribution in [0.15, 0.2) is 11.6 Å². The minimum absolute atomic E-state index is 0.0267. The normalized spacial score (nSPS) is 52.1. The van der Waals surface area contributed by atoms with E-state index >= 15 is 0 Å². The standard InChI is InChI=1S/C59H94O27/c1-24-43(83-48-39(69)34(64)28(63)22-76-48)38(68)40(70)49(78-24)81-31-23-77-52(46(37(31)67)85-51-42(72)45(36(66)30(21-61)80-51)84-50-41(71)44(75-9)35(65)29(20-60)79-50)82-33-14-17-56(6)25-13-18-59-47(58(8,86-53(59)73)16-10-15-54(2,3)74)27(62)19-57(59,7)26(25)11-12-32(56)55(33,4)5/h13,24,26,28-52,60-61,63-72,74H,10-12,14-23H2,1-9H3/t24-,26+,28-,29-,30-,31-,32+,33-,34+,35-,36-,37+,38-,39-,40-,41-,42-,43-,44+,45+,46-,47-,48-,49-,50+,51+,52+,56-,57+,58+,59+/m1/s1. The van der Waals surface area contributed by atoms with E-state index < -0.39 is 213 Å².